The van der Waals surface area contributed by atoms with Gasteiger partial charge >= 0.3 is 0 Å². The van der Waals surface area contributed by atoms with Crippen LogP contribution in [-0.4, -0.2) is 43.7 Å². The van der Waals surface area contributed by atoms with Crippen molar-refractivity contribution in [1.29, 1.82) is 0 Å². The van der Waals surface area contributed by atoms with Crippen molar-refractivity contribution < 1.29 is 18.0 Å². The van der Waals surface area contributed by atoms with Gasteiger partial charge in [0.1, 0.15) is 0 Å². The highest BCUT2D eigenvalue weighted by molar-refractivity contribution is 7.89. The second-order valence-corrected chi connectivity index (χ2v) is 10.8. The van der Waals surface area contributed by atoms with Crippen molar-refractivity contribution in [3.05, 3.63) is 83.6 Å². The highest BCUT2D eigenvalue weighted by atomic mass is 32.2. The number of sulfonamides is 1. The highest BCUT2D eigenvalue weighted by Crippen LogP contribution is 2.27. The molecule has 0 bridgehead atoms. The van der Waals surface area contributed by atoms with Gasteiger partial charge in [-0.1, -0.05) is 36.9 Å². The fourth-order valence-corrected chi connectivity index (χ4v) is 6.16. The lowest BCUT2D eigenvalue weighted by atomic mass is 10.1. The van der Waals surface area contributed by atoms with Crippen molar-refractivity contribution >= 4 is 38.9 Å². The van der Waals surface area contributed by atoms with Gasteiger partial charge in [-0.05, 0) is 65.8 Å². The number of piperidine rings is 1. The Bertz CT molecular complexity index is 1290. The van der Waals surface area contributed by atoms with Crippen LogP contribution >= 0.6 is 11.3 Å². The number of carbonyl (C=O) groups excluding carboxylic acids is 2. The third-order valence-electron chi connectivity index (χ3n) is 5.60. The zero-order chi connectivity index (χ0) is 24.1. The van der Waals surface area contributed by atoms with Gasteiger partial charge in [0, 0.05) is 24.8 Å². The maximum absolute atomic E-state index is 13.1. The quantitative estimate of drug-likeness (QED) is 0.482. The van der Waals surface area contributed by atoms with Gasteiger partial charge in [0.25, 0.3) is 5.91 Å². The summed E-state index contributed by atoms with van der Waals surface area (Å²) in [5.41, 5.74) is 2.52. The van der Waals surface area contributed by atoms with E-state index in [1.54, 1.807) is 12.1 Å². The minimum Gasteiger partial charge on any atom is -0.349 e. The van der Waals surface area contributed by atoms with E-state index in [-0.39, 0.29) is 29.3 Å². The first kappa shape index (κ1) is 23.9. The molecular weight excluding hydrogens is 470 g/mol. The molecule has 9 heteroatoms. The smallest absolute Gasteiger partial charge is 0.265 e. The Labute approximate surface area is 203 Å². The second kappa shape index (κ2) is 10.3. The van der Waals surface area contributed by atoms with E-state index >= 15 is 0 Å². The molecule has 1 atom stereocenters. The SMILES string of the molecule is C=CC(=O)N[C@H]1CCCN(S(=O)(=O)c2ccc(NC(=O)c3cc(-c4ccccc4)cs3)cc2)C1. The summed E-state index contributed by atoms with van der Waals surface area (Å²) in [5, 5.41) is 7.53. The van der Waals surface area contributed by atoms with Crippen molar-refractivity contribution in [2.45, 2.75) is 23.8 Å². The molecule has 1 aliphatic rings. The lowest BCUT2D eigenvalue weighted by Crippen LogP contribution is -2.49. The van der Waals surface area contributed by atoms with Crippen LogP contribution in [0.2, 0.25) is 0 Å². The molecule has 2 N–H and O–H groups in total. The summed E-state index contributed by atoms with van der Waals surface area (Å²) < 4.78 is 27.6. The van der Waals surface area contributed by atoms with E-state index in [4.69, 9.17) is 0 Å². The van der Waals surface area contributed by atoms with Crippen molar-refractivity contribution in [3.63, 3.8) is 0 Å². The maximum Gasteiger partial charge on any atom is 0.265 e. The molecular formula is C25H25N3O4S2. The van der Waals surface area contributed by atoms with Crippen LogP contribution in [0.4, 0.5) is 5.69 Å². The highest BCUT2D eigenvalue weighted by Gasteiger charge is 2.30. The first-order chi connectivity index (χ1) is 16.4. The number of hydrogen-bond acceptors (Lipinski definition) is 5. The molecule has 0 spiro atoms. The summed E-state index contributed by atoms with van der Waals surface area (Å²) in [6.45, 7) is 4.03. The molecule has 34 heavy (non-hydrogen) atoms. The molecule has 0 aliphatic carbocycles. The van der Waals surface area contributed by atoms with Crippen molar-refractivity contribution in [3.8, 4) is 11.1 Å². The van der Waals surface area contributed by atoms with Crippen LogP contribution in [0, 0.1) is 0 Å². The Hall–Kier alpha value is -3.27. The van der Waals surface area contributed by atoms with Gasteiger partial charge in [0.2, 0.25) is 15.9 Å². The number of amides is 2. The molecule has 1 aromatic heterocycles. The standard InChI is InChI=1S/C25H25N3O4S2/c1-2-24(29)26-21-9-6-14-28(16-21)34(31,32)22-12-10-20(11-13-22)27-25(30)23-15-19(17-33-23)18-7-4-3-5-8-18/h2-5,7-8,10-13,15,17,21H,1,6,9,14,16H2,(H,26,29)(H,27,30)/t21-/m0/s1. The van der Waals surface area contributed by atoms with E-state index in [1.807, 2.05) is 41.8 Å². The van der Waals surface area contributed by atoms with E-state index in [0.29, 0.717) is 30.0 Å². The van der Waals surface area contributed by atoms with Crippen LogP contribution in [0.3, 0.4) is 0 Å². The van der Waals surface area contributed by atoms with Gasteiger partial charge < -0.3 is 10.6 Å². The lowest BCUT2D eigenvalue weighted by Gasteiger charge is -2.32. The van der Waals surface area contributed by atoms with Crippen molar-refractivity contribution in [2.75, 3.05) is 18.4 Å². The molecule has 0 saturated carbocycles. The number of nitrogens with one attached hydrogen (secondary N) is 2. The van der Waals surface area contributed by atoms with Gasteiger partial charge in [0.15, 0.2) is 0 Å². The Morgan fingerprint density at radius 3 is 2.50 bits per heavy atom. The van der Waals surface area contributed by atoms with Gasteiger partial charge in [-0.25, -0.2) is 8.42 Å². The number of carbonyl (C=O) groups is 2. The Kier molecular flexibility index (Phi) is 7.26. The number of anilines is 1. The molecule has 4 rings (SSSR count). The molecule has 1 fully saturated rings. The summed E-state index contributed by atoms with van der Waals surface area (Å²) in [6, 6.07) is 17.5. The molecule has 2 heterocycles. The molecule has 0 unspecified atom stereocenters. The molecule has 7 nitrogen and oxygen atoms in total. The third-order valence-corrected chi connectivity index (χ3v) is 8.40. The molecule has 1 saturated heterocycles. The monoisotopic (exact) mass is 495 g/mol. The summed E-state index contributed by atoms with van der Waals surface area (Å²) in [4.78, 5) is 25.0. The predicted octanol–water partition coefficient (Wildman–Crippen LogP) is 4.12. The van der Waals surface area contributed by atoms with E-state index in [9.17, 15) is 18.0 Å². The van der Waals surface area contributed by atoms with Gasteiger partial charge in [-0.2, -0.15) is 4.31 Å². The Morgan fingerprint density at radius 1 is 1.06 bits per heavy atom. The van der Waals surface area contributed by atoms with Crippen LogP contribution in [0.1, 0.15) is 22.5 Å². The molecule has 3 aromatic rings. The Morgan fingerprint density at radius 2 is 1.79 bits per heavy atom. The molecule has 2 aromatic carbocycles. The molecule has 2 amide bonds. The van der Waals surface area contributed by atoms with Crippen LogP contribution in [0.5, 0.6) is 0 Å². The van der Waals surface area contributed by atoms with Gasteiger partial charge in [-0.3, -0.25) is 9.59 Å². The number of benzene rings is 2. The van der Waals surface area contributed by atoms with Crippen LogP contribution in [-0.2, 0) is 14.8 Å². The largest absolute Gasteiger partial charge is 0.349 e. The summed E-state index contributed by atoms with van der Waals surface area (Å²) >= 11 is 1.35. The normalized spacial score (nSPS) is 16.5. The number of nitrogens with zero attached hydrogens (tertiary/aromatic N) is 1. The second-order valence-electron chi connectivity index (χ2n) is 7.96. The van der Waals surface area contributed by atoms with Crippen LogP contribution < -0.4 is 10.6 Å². The number of rotatable bonds is 7. The molecule has 0 radical (unpaired) electrons. The minimum atomic E-state index is -3.72. The zero-order valence-corrected chi connectivity index (χ0v) is 20.1. The van der Waals surface area contributed by atoms with E-state index < -0.39 is 10.0 Å². The minimum absolute atomic E-state index is 0.142. The topological polar surface area (TPSA) is 95.6 Å². The summed E-state index contributed by atoms with van der Waals surface area (Å²) in [5.74, 6) is -0.564. The Balaban J connectivity index is 1.41. The van der Waals surface area contributed by atoms with Crippen molar-refractivity contribution in [2.24, 2.45) is 0 Å². The van der Waals surface area contributed by atoms with Gasteiger partial charge in [-0.15, -0.1) is 11.3 Å². The van der Waals surface area contributed by atoms with E-state index in [2.05, 4.69) is 17.2 Å². The van der Waals surface area contributed by atoms with Crippen molar-refractivity contribution in [1.82, 2.24) is 9.62 Å². The average molecular weight is 496 g/mol. The first-order valence-corrected chi connectivity index (χ1v) is 13.2. The zero-order valence-electron chi connectivity index (χ0n) is 18.4. The van der Waals surface area contributed by atoms with E-state index in [0.717, 1.165) is 11.1 Å². The van der Waals surface area contributed by atoms with Crippen LogP contribution in [0.15, 0.2) is 83.6 Å². The van der Waals surface area contributed by atoms with E-state index in [1.165, 1.54) is 33.9 Å². The van der Waals surface area contributed by atoms with Crippen LogP contribution in [0.25, 0.3) is 11.1 Å². The molecule has 176 valence electrons. The van der Waals surface area contributed by atoms with Gasteiger partial charge in [0.05, 0.1) is 9.77 Å². The average Bonchev–Trinajstić information content (AvgIpc) is 3.36. The fourth-order valence-electron chi connectivity index (χ4n) is 3.83. The summed E-state index contributed by atoms with van der Waals surface area (Å²) in [7, 11) is -3.72. The fraction of sp³-hybridized carbons (Fsp3) is 0.200. The summed E-state index contributed by atoms with van der Waals surface area (Å²) in [6.07, 6.45) is 2.55. The predicted molar refractivity (Wildman–Crippen MR) is 134 cm³/mol. The maximum atomic E-state index is 13.1. The first-order valence-electron chi connectivity index (χ1n) is 10.9. The third kappa shape index (κ3) is 5.44. The number of hydrogen-bond donors (Lipinski definition) is 2. The molecule has 1 aliphatic heterocycles. The lowest BCUT2D eigenvalue weighted by molar-refractivity contribution is -0.117. The number of thiophene rings is 1.